The summed E-state index contributed by atoms with van der Waals surface area (Å²) in [4.78, 5) is 4.09. The fourth-order valence-corrected chi connectivity index (χ4v) is 1.95. The van der Waals surface area contributed by atoms with Crippen LogP contribution in [0.15, 0.2) is 42.7 Å². The van der Waals surface area contributed by atoms with Gasteiger partial charge in [0.1, 0.15) is 0 Å². The average Bonchev–Trinajstić information content (AvgIpc) is 2.50. The first kappa shape index (κ1) is 17.3. The van der Waals surface area contributed by atoms with Crippen LogP contribution < -0.4 is 14.8 Å². The molecule has 0 aliphatic carbocycles. The van der Waals surface area contributed by atoms with E-state index in [1.165, 1.54) is 5.56 Å². The third-order valence-corrected chi connectivity index (χ3v) is 2.91. The molecule has 1 N–H and O–H groups in total. The van der Waals surface area contributed by atoms with E-state index in [0.717, 1.165) is 30.2 Å². The van der Waals surface area contributed by atoms with Gasteiger partial charge in [-0.1, -0.05) is 12.1 Å². The molecule has 4 nitrogen and oxygen atoms in total. The van der Waals surface area contributed by atoms with Gasteiger partial charge in [0.05, 0.1) is 13.7 Å². The highest BCUT2D eigenvalue weighted by molar-refractivity contribution is 5.85. The van der Waals surface area contributed by atoms with E-state index >= 15 is 0 Å². The van der Waals surface area contributed by atoms with Crippen LogP contribution in [-0.2, 0) is 13.1 Å². The maximum atomic E-state index is 5.50. The fourth-order valence-electron chi connectivity index (χ4n) is 1.95. The minimum Gasteiger partial charge on any atom is -0.493 e. The van der Waals surface area contributed by atoms with E-state index in [-0.39, 0.29) is 12.4 Å². The zero-order chi connectivity index (χ0) is 14.2. The number of pyridine rings is 1. The van der Waals surface area contributed by atoms with Crippen molar-refractivity contribution in [1.82, 2.24) is 10.3 Å². The highest BCUT2D eigenvalue weighted by atomic mass is 35.5. The van der Waals surface area contributed by atoms with Crippen LogP contribution >= 0.6 is 12.4 Å². The predicted octanol–water partition coefficient (Wildman–Crippen LogP) is 3.20. The van der Waals surface area contributed by atoms with E-state index in [9.17, 15) is 0 Å². The summed E-state index contributed by atoms with van der Waals surface area (Å²) in [5.41, 5.74) is 2.33. The average molecular weight is 309 g/mol. The summed E-state index contributed by atoms with van der Waals surface area (Å²) in [7, 11) is 1.66. The van der Waals surface area contributed by atoms with Gasteiger partial charge < -0.3 is 14.8 Å². The lowest BCUT2D eigenvalue weighted by atomic mass is 10.2. The summed E-state index contributed by atoms with van der Waals surface area (Å²) in [5.74, 6) is 1.55. The standard InChI is InChI=1S/C16H20N2O2.ClH/c1-3-20-15-7-6-13(9-16(15)19-2)10-18-12-14-5-4-8-17-11-14;/h4-9,11,18H,3,10,12H2,1-2H3;1H. The Balaban J connectivity index is 0.00000220. The molecule has 2 aromatic rings. The van der Waals surface area contributed by atoms with Gasteiger partial charge in [0, 0.05) is 25.5 Å². The molecule has 0 saturated carbocycles. The van der Waals surface area contributed by atoms with Crippen molar-refractivity contribution in [3.05, 3.63) is 53.9 Å². The van der Waals surface area contributed by atoms with Crippen molar-refractivity contribution in [3.63, 3.8) is 0 Å². The molecule has 1 aromatic carbocycles. The molecule has 0 bridgehead atoms. The molecule has 0 atom stereocenters. The summed E-state index contributed by atoms with van der Waals surface area (Å²) >= 11 is 0. The summed E-state index contributed by atoms with van der Waals surface area (Å²) in [6, 6.07) is 9.99. The maximum Gasteiger partial charge on any atom is 0.161 e. The van der Waals surface area contributed by atoms with Gasteiger partial charge in [0.15, 0.2) is 11.5 Å². The molecule has 1 aromatic heterocycles. The molecule has 5 heteroatoms. The molecule has 21 heavy (non-hydrogen) atoms. The Morgan fingerprint density at radius 2 is 1.90 bits per heavy atom. The molecule has 0 fully saturated rings. The Labute approximate surface area is 131 Å². The highest BCUT2D eigenvalue weighted by Crippen LogP contribution is 2.27. The first-order valence-corrected chi connectivity index (χ1v) is 6.72. The zero-order valence-electron chi connectivity index (χ0n) is 12.3. The lowest BCUT2D eigenvalue weighted by Gasteiger charge is -2.11. The molecule has 0 amide bonds. The fraction of sp³-hybridized carbons (Fsp3) is 0.312. The van der Waals surface area contributed by atoms with Gasteiger partial charge in [0.25, 0.3) is 0 Å². The highest BCUT2D eigenvalue weighted by Gasteiger charge is 2.05. The van der Waals surface area contributed by atoms with Crippen molar-refractivity contribution >= 4 is 12.4 Å². The Morgan fingerprint density at radius 3 is 2.57 bits per heavy atom. The first-order chi connectivity index (χ1) is 9.83. The zero-order valence-corrected chi connectivity index (χ0v) is 13.2. The monoisotopic (exact) mass is 308 g/mol. The smallest absolute Gasteiger partial charge is 0.161 e. The number of rotatable bonds is 7. The van der Waals surface area contributed by atoms with Crippen molar-refractivity contribution in [2.24, 2.45) is 0 Å². The van der Waals surface area contributed by atoms with E-state index in [2.05, 4.69) is 16.4 Å². The van der Waals surface area contributed by atoms with Crippen LogP contribution in [0.3, 0.4) is 0 Å². The van der Waals surface area contributed by atoms with Gasteiger partial charge in [-0.25, -0.2) is 0 Å². The Hall–Kier alpha value is -1.78. The van der Waals surface area contributed by atoms with E-state index in [0.29, 0.717) is 6.61 Å². The van der Waals surface area contributed by atoms with Crippen LogP contribution in [0.5, 0.6) is 11.5 Å². The number of ether oxygens (including phenoxy) is 2. The van der Waals surface area contributed by atoms with E-state index in [4.69, 9.17) is 9.47 Å². The van der Waals surface area contributed by atoms with Crippen molar-refractivity contribution in [3.8, 4) is 11.5 Å². The number of hydrogen-bond donors (Lipinski definition) is 1. The molecular weight excluding hydrogens is 288 g/mol. The van der Waals surface area contributed by atoms with Crippen LogP contribution in [0, 0.1) is 0 Å². The molecule has 0 saturated heterocycles. The van der Waals surface area contributed by atoms with Gasteiger partial charge in [-0.3, -0.25) is 4.98 Å². The van der Waals surface area contributed by atoms with Crippen molar-refractivity contribution in [2.75, 3.05) is 13.7 Å². The summed E-state index contributed by atoms with van der Waals surface area (Å²) in [6.45, 7) is 4.17. The van der Waals surface area contributed by atoms with E-state index in [1.54, 1.807) is 13.3 Å². The van der Waals surface area contributed by atoms with Crippen molar-refractivity contribution in [1.29, 1.82) is 0 Å². The lowest BCUT2D eigenvalue weighted by Crippen LogP contribution is -2.12. The minimum absolute atomic E-state index is 0. The SMILES string of the molecule is CCOc1ccc(CNCc2cccnc2)cc1OC.Cl. The topological polar surface area (TPSA) is 43.4 Å². The third kappa shape index (κ3) is 5.25. The number of hydrogen-bond acceptors (Lipinski definition) is 4. The van der Waals surface area contributed by atoms with Crippen LogP contribution in [0.2, 0.25) is 0 Å². The Bertz CT molecular complexity index is 535. The van der Waals surface area contributed by atoms with Crippen molar-refractivity contribution in [2.45, 2.75) is 20.0 Å². The largest absolute Gasteiger partial charge is 0.493 e. The minimum atomic E-state index is 0. The van der Waals surface area contributed by atoms with Crippen LogP contribution in [0.25, 0.3) is 0 Å². The number of aromatic nitrogens is 1. The van der Waals surface area contributed by atoms with Gasteiger partial charge in [-0.05, 0) is 36.2 Å². The van der Waals surface area contributed by atoms with Gasteiger partial charge in [-0.2, -0.15) is 0 Å². The molecule has 0 spiro atoms. The second-order valence-corrected chi connectivity index (χ2v) is 4.38. The van der Waals surface area contributed by atoms with E-state index in [1.807, 2.05) is 37.4 Å². The number of methoxy groups -OCH3 is 1. The summed E-state index contributed by atoms with van der Waals surface area (Å²) in [5, 5.41) is 3.38. The second-order valence-electron chi connectivity index (χ2n) is 4.38. The molecule has 2 rings (SSSR count). The summed E-state index contributed by atoms with van der Waals surface area (Å²) < 4.78 is 10.8. The van der Waals surface area contributed by atoms with Crippen LogP contribution in [-0.4, -0.2) is 18.7 Å². The molecule has 0 aliphatic heterocycles. The lowest BCUT2D eigenvalue weighted by molar-refractivity contribution is 0.310. The number of nitrogens with zero attached hydrogens (tertiary/aromatic N) is 1. The van der Waals surface area contributed by atoms with Crippen LogP contribution in [0.4, 0.5) is 0 Å². The Kier molecular flexibility index (Phi) is 7.58. The van der Waals surface area contributed by atoms with Gasteiger partial charge in [-0.15, -0.1) is 12.4 Å². The first-order valence-electron chi connectivity index (χ1n) is 6.72. The van der Waals surface area contributed by atoms with Crippen LogP contribution in [0.1, 0.15) is 18.1 Å². The third-order valence-electron chi connectivity index (χ3n) is 2.91. The van der Waals surface area contributed by atoms with Crippen molar-refractivity contribution < 1.29 is 9.47 Å². The number of benzene rings is 1. The van der Waals surface area contributed by atoms with Gasteiger partial charge >= 0.3 is 0 Å². The number of nitrogens with one attached hydrogen (secondary N) is 1. The maximum absolute atomic E-state index is 5.50. The molecule has 0 unspecified atom stereocenters. The molecule has 0 aliphatic rings. The molecule has 0 radical (unpaired) electrons. The normalized spacial score (nSPS) is 9.81. The molecule has 114 valence electrons. The quantitative estimate of drug-likeness (QED) is 0.853. The summed E-state index contributed by atoms with van der Waals surface area (Å²) in [6.07, 6.45) is 3.65. The number of halogens is 1. The molecular formula is C16H21ClN2O2. The van der Waals surface area contributed by atoms with E-state index < -0.39 is 0 Å². The Morgan fingerprint density at radius 1 is 1.10 bits per heavy atom. The second kappa shape index (κ2) is 9.21. The van der Waals surface area contributed by atoms with Gasteiger partial charge in [0.2, 0.25) is 0 Å². The predicted molar refractivity (Wildman–Crippen MR) is 86.2 cm³/mol. The molecule has 1 heterocycles.